The highest BCUT2D eigenvalue weighted by Gasteiger charge is 2.25. The fraction of sp³-hybridized carbons (Fsp3) is 0.545. The van der Waals surface area contributed by atoms with Gasteiger partial charge in [-0.25, -0.2) is 4.98 Å². The van der Waals surface area contributed by atoms with E-state index in [-0.39, 0.29) is 12.1 Å². The van der Waals surface area contributed by atoms with Gasteiger partial charge in [-0.2, -0.15) is 0 Å². The van der Waals surface area contributed by atoms with Gasteiger partial charge in [0.2, 0.25) is 5.88 Å². The van der Waals surface area contributed by atoms with E-state index < -0.39 is 0 Å². The summed E-state index contributed by atoms with van der Waals surface area (Å²) in [5.74, 6) is 1.35. The molecule has 1 saturated carbocycles. The summed E-state index contributed by atoms with van der Waals surface area (Å²) >= 11 is 0. The number of hydrogen-bond donors (Lipinski definition) is 1. The second-order valence-corrected chi connectivity index (χ2v) is 3.78. The van der Waals surface area contributed by atoms with Gasteiger partial charge in [-0.05, 0) is 25.3 Å². The van der Waals surface area contributed by atoms with Crippen LogP contribution in [0.3, 0.4) is 0 Å². The summed E-state index contributed by atoms with van der Waals surface area (Å²) in [7, 11) is 1.59. The van der Waals surface area contributed by atoms with Crippen molar-refractivity contribution in [1.82, 2.24) is 4.98 Å². The van der Waals surface area contributed by atoms with Crippen LogP contribution in [0.5, 0.6) is 11.6 Å². The minimum Gasteiger partial charge on any atom is -0.489 e. The largest absolute Gasteiger partial charge is 0.489 e. The van der Waals surface area contributed by atoms with Crippen LogP contribution in [-0.2, 0) is 0 Å². The third-order valence-corrected chi connectivity index (χ3v) is 2.71. The molecular weight excluding hydrogens is 192 g/mol. The lowest BCUT2D eigenvalue weighted by Gasteiger charge is -2.17. The number of methoxy groups -OCH3 is 1. The molecule has 2 N–H and O–H groups in total. The van der Waals surface area contributed by atoms with Crippen LogP contribution < -0.4 is 15.2 Å². The van der Waals surface area contributed by atoms with E-state index in [0.29, 0.717) is 5.88 Å². The number of hydrogen-bond acceptors (Lipinski definition) is 4. The summed E-state index contributed by atoms with van der Waals surface area (Å²) < 4.78 is 10.8. The number of nitrogens with two attached hydrogens (primary N) is 1. The molecule has 0 spiro atoms. The van der Waals surface area contributed by atoms with Crippen LogP contribution >= 0.6 is 0 Å². The monoisotopic (exact) mass is 208 g/mol. The Morgan fingerprint density at radius 2 is 2.33 bits per heavy atom. The van der Waals surface area contributed by atoms with Crippen LogP contribution in [0, 0.1) is 0 Å². The summed E-state index contributed by atoms with van der Waals surface area (Å²) in [6, 6.07) is 3.77. The number of aromatic nitrogens is 1. The van der Waals surface area contributed by atoms with Gasteiger partial charge in [0.25, 0.3) is 0 Å². The van der Waals surface area contributed by atoms with Crippen molar-refractivity contribution in [2.75, 3.05) is 7.11 Å². The van der Waals surface area contributed by atoms with Gasteiger partial charge in [-0.3, -0.25) is 0 Å². The first-order valence-electron chi connectivity index (χ1n) is 5.22. The maximum absolute atomic E-state index is 5.93. The Labute approximate surface area is 89.4 Å². The lowest BCUT2D eigenvalue weighted by molar-refractivity contribution is 0.190. The zero-order chi connectivity index (χ0) is 10.7. The quantitative estimate of drug-likeness (QED) is 0.814. The van der Waals surface area contributed by atoms with Crippen molar-refractivity contribution in [2.45, 2.75) is 31.4 Å². The first kappa shape index (κ1) is 10.2. The van der Waals surface area contributed by atoms with Gasteiger partial charge in [0.1, 0.15) is 11.9 Å². The minimum atomic E-state index is 0.136. The van der Waals surface area contributed by atoms with E-state index in [1.54, 1.807) is 19.4 Å². The molecule has 0 saturated heterocycles. The second-order valence-electron chi connectivity index (χ2n) is 3.78. The molecule has 1 aliphatic rings. The summed E-state index contributed by atoms with van der Waals surface area (Å²) in [6.07, 6.45) is 5.04. The molecule has 0 aromatic carbocycles. The van der Waals surface area contributed by atoms with Crippen molar-refractivity contribution < 1.29 is 9.47 Å². The molecule has 0 bridgehead atoms. The molecule has 1 fully saturated rings. The summed E-state index contributed by atoms with van der Waals surface area (Å²) in [4.78, 5) is 4.02. The number of rotatable bonds is 3. The smallest absolute Gasteiger partial charge is 0.216 e. The maximum Gasteiger partial charge on any atom is 0.216 e. The van der Waals surface area contributed by atoms with Gasteiger partial charge < -0.3 is 15.2 Å². The summed E-state index contributed by atoms with van der Waals surface area (Å²) in [5, 5.41) is 0. The maximum atomic E-state index is 5.93. The molecule has 2 atom stereocenters. The Bertz CT molecular complexity index is 330. The highest BCUT2D eigenvalue weighted by molar-refractivity contribution is 5.26. The molecule has 15 heavy (non-hydrogen) atoms. The van der Waals surface area contributed by atoms with Crippen LogP contribution in [0.15, 0.2) is 18.3 Å². The Balaban J connectivity index is 2.03. The fourth-order valence-corrected chi connectivity index (χ4v) is 1.85. The first-order valence-corrected chi connectivity index (χ1v) is 5.22. The summed E-state index contributed by atoms with van der Waals surface area (Å²) in [6.45, 7) is 0. The van der Waals surface area contributed by atoms with Crippen molar-refractivity contribution in [3.8, 4) is 11.6 Å². The van der Waals surface area contributed by atoms with Crippen molar-refractivity contribution in [3.05, 3.63) is 18.3 Å². The fourth-order valence-electron chi connectivity index (χ4n) is 1.85. The Kier molecular flexibility index (Phi) is 3.06. The number of ether oxygens (including phenoxy) is 2. The van der Waals surface area contributed by atoms with Crippen LogP contribution in [0.4, 0.5) is 0 Å². The Morgan fingerprint density at radius 3 is 3.00 bits per heavy atom. The van der Waals surface area contributed by atoms with Crippen LogP contribution in [0.2, 0.25) is 0 Å². The predicted molar refractivity (Wildman–Crippen MR) is 57.0 cm³/mol. The van der Waals surface area contributed by atoms with Crippen molar-refractivity contribution in [1.29, 1.82) is 0 Å². The third-order valence-electron chi connectivity index (χ3n) is 2.71. The lowest BCUT2D eigenvalue weighted by Crippen LogP contribution is -2.33. The highest BCUT2D eigenvalue weighted by Crippen LogP contribution is 2.24. The first-order chi connectivity index (χ1) is 7.29. The molecule has 2 unspecified atom stereocenters. The third kappa shape index (κ3) is 2.39. The zero-order valence-electron chi connectivity index (χ0n) is 8.85. The van der Waals surface area contributed by atoms with E-state index in [1.807, 2.05) is 6.07 Å². The highest BCUT2D eigenvalue weighted by atomic mass is 16.5. The summed E-state index contributed by atoms with van der Waals surface area (Å²) in [5.41, 5.74) is 5.93. The van der Waals surface area contributed by atoms with Gasteiger partial charge in [0.05, 0.1) is 7.11 Å². The molecule has 1 aromatic rings. The van der Waals surface area contributed by atoms with E-state index in [0.717, 1.165) is 25.0 Å². The van der Waals surface area contributed by atoms with Gasteiger partial charge in [0, 0.05) is 18.3 Å². The molecule has 0 aliphatic heterocycles. The van der Waals surface area contributed by atoms with E-state index in [1.165, 1.54) is 0 Å². The topological polar surface area (TPSA) is 57.4 Å². The zero-order valence-corrected chi connectivity index (χ0v) is 8.85. The molecule has 1 aromatic heterocycles. The van der Waals surface area contributed by atoms with Crippen LogP contribution in [0.1, 0.15) is 19.3 Å². The second kappa shape index (κ2) is 4.49. The predicted octanol–water partition coefficient (Wildman–Crippen LogP) is 1.35. The van der Waals surface area contributed by atoms with Crippen LogP contribution in [-0.4, -0.2) is 24.2 Å². The van der Waals surface area contributed by atoms with Crippen LogP contribution in [0.25, 0.3) is 0 Å². The molecule has 4 nitrogen and oxygen atoms in total. The molecule has 82 valence electrons. The molecular formula is C11H16N2O2. The van der Waals surface area contributed by atoms with E-state index >= 15 is 0 Å². The van der Waals surface area contributed by atoms with Crippen molar-refractivity contribution in [2.24, 2.45) is 5.73 Å². The van der Waals surface area contributed by atoms with E-state index in [9.17, 15) is 0 Å². The molecule has 4 heteroatoms. The van der Waals surface area contributed by atoms with Crippen molar-refractivity contribution in [3.63, 3.8) is 0 Å². The van der Waals surface area contributed by atoms with Gasteiger partial charge in [-0.1, -0.05) is 0 Å². The van der Waals surface area contributed by atoms with E-state index in [2.05, 4.69) is 4.98 Å². The molecule has 0 amide bonds. The lowest BCUT2D eigenvalue weighted by atomic mass is 10.2. The van der Waals surface area contributed by atoms with Gasteiger partial charge >= 0.3 is 0 Å². The standard InChI is InChI=1S/C11H16N2O2/c1-14-11-7-8(5-6-13-11)15-10-4-2-3-9(10)12/h5-7,9-10H,2-4,12H2,1H3. The molecule has 1 aliphatic carbocycles. The molecule has 1 heterocycles. The minimum absolute atomic E-state index is 0.136. The SMILES string of the molecule is COc1cc(OC2CCCC2N)ccn1. The average Bonchev–Trinajstić information content (AvgIpc) is 2.65. The normalized spacial score (nSPS) is 25.2. The van der Waals surface area contributed by atoms with Gasteiger partial charge in [0.15, 0.2) is 0 Å². The average molecular weight is 208 g/mol. The van der Waals surface area contributed by atoms with Crippen molar-refractivity contribution >= 4 is 0 Å². The van der Waals surface area contributed by atoms with E-state index in [4.69, 9.17) is 15.2 Å². The number of pyridine rings is 1. The number of nitrogens with zero attached hydrogens (tertiary/aromatic N) is 1. The Hall–Kier alpha value is -1.29. The molecule has 0 radical (unpaired) electrons. The Morgan fingerprint density at radius 1 is 1.47 bits per heavy atom. The van der Waals surface area contributed by atoms with Gasteiger partial charge in [-0.15, -0.1) is 0 Å². The molecule has 2 rings (SSSR count).